The van der Waals surface area contributed by atoms with Gasteiger partial charge in [-0.05, 0) is 55.7 Å². The summed E-state index contributed by atoms with van der Waals surface area (Å²) in [6.45, 7) is 9.73. The number of ether oxygens (including phenoxy) is 1. The molecule has 1 aliphatic heterocycles. The Morgan fingerprint density at radius 1 is 1.19 bits per heavy atom. The maximum Gasteiger partial charge on any atom is 0.265 e. The number of aryl methyl sites for hydroxylation is 2. The number of carbonyl (C=O) groups excluding carboxylic acids is 2. The summed E-state index contributed by atoms with van der Waals surface area (Å²) >= 11 is 1.41. The van der Waals surface area contributed by atoms with Gasteiger partial charge in [0.05, 0.1) is 23.4 Å². The van der Waals surface area contributed by atoms with E-state index < -0.39 is 6.04 Å². The fourth-order valence-corrected chi connectivity index (χ4v) is 5.30. The van der Waals surface area contributed by atoms with Crippen LogP contribution in [0.15, 0.2) is 65.6 Å². The van der Waals surface area contributed by atoms with Crippen molar-refractivity contribution in [2.75, 3.05) is 18.1 Å². The average molecular weight is 500 g/mol. The van der Waals surface area contributed by atoms with Crippen molar-refractivity contribution in [2.24, 2.45) is 0 Å². The van der Waals surface area contributed by atoms with Crippen LogP contribution in [-0.2, 0) is 4.79 Å². The molecule has 182 valence electrons. The average Bonchev–Trinajstić information content (AvgIpc) is 3.32. The zero-order valence-corrected chi connectivity index (χ0v) is 21.1. The van der Waals surface area contributed by atoms with Crippen molar-refractivity contribution in [3.8, 4) is 16.9 Å². The van der Waals surface area contributed by atoms with Crippen LogP contribution in [0.2, 0.25) is 0 Å². The zero-order valence-electron chi connectivity index (χ0n) is 20.3. The Morgan fingerprint density at radius 2 is 2.00 bits per heavy atom. The van der Waals surface area contributed by atoms with E-state index >= 15 is 0 Å². The molecule has 8 heteroatoms. The van der Waals surface area contributed by atoms with Gasteiger partial charge in [-0.15, -0.1) is 17.9 Å². The number of aromatic nitrogens is 2. The predicted molar refractivity (Wildman–Crippen MR) is 142 cm³/mol. The Labute approximate surface area is 212 Å². The highest BCUT2D eigenvalue weighted by atomic mass is 32.1. The number of ketones is 1. The molecule has 0 saturated carbocycles. The lowest BCUT2D eigenvalue weighted by molar-refractivity contribution is -0.121. The van der Waals surface area contributed by atoms with E-state index in [0.29, 0.717) is 33.8 Å². The summed E-state index contributed by atoms with van der Waals surface area (Å²) in [6.07, 6.45) is 3.06. The summed E-state index contributed by atoms with van der Waals surface area (Å²) in [7, 11) is 0. The molecule has 36 heavy (non-hydrogen) atoms. The van der Waals surface area contributed by atoms with Crippen LogP contribution in [0.25, 0.3) is 21.3 Å². The molecule has 0 spiro atoms. The van der Waals surface area contributed by atoms with E-state index in [-0.39, 0.29) is 23.9 Å². The number of hydrogen-bond acceptors (Lipinski definition) is 6. The molecule has 3 heterocycles. The van der Waals surface area contributed by atoms with Crippen molar-refractivity contribution >= 4 is 38.9 Å². The first kappa shape index (κ1) is 23.7. The van der Waals surface area contributed by atoms with Crippen LogP contribution in [0.3, 0.4) is 0 Å². The molecule has 0 radical (unpaired) electrons. The van der Waals surface area contributed by atoms with Crippen LogP contribution >= 0.6 is 11.3 Å². The van der Waals surface area contributed by atoms with E-state index in [1.165, 1.54) is 32.7 Å². The number of rotatable bonds is 6. The Balaban J connectivity index is 1.54. The van der Waals surface area contributed by atoms with Gasteiger partial charge in [-0.3, -0.25) is 19.0 Å². The predicted octanol–water partition coefficient (Wildman–Crippen LogP) is 5.10. The fraction of sp³-hybridized carbons (Fsp3) is 0.214. The van der Waals surface area contributed by atoms with Gasteiger partial charge in [-0.1, -0.05) is 24.3 Å². The molecule has 1 atom stereocenters. The number of benzene rings is 2. The third-order valence-electron chi connectivity index (χ3n) is 6.63. The highest BCUT2D eigenvalue weighted by Crippen LogP contribution is 2.35. The fourth-order valence-electron chi connectivity index (χ4n) is 4.40. The monoisotopic (exact) mass is 499 g/mol. The van der Waals surface area contributed by atoms with Gasteiger partial charge >= 0.3 is 0 Å². The molecule has 1 unspecified atom stereocenters. The van der Waals surface area contributed by atoms with Crippen LogP contribution < -0.4 is 15.2 Å². The van der Waals surface area contributed by atoms with Gasteiger partial charge in [-0.25, -0.2) is 4.98 Å². The topological polar surface area (TPSA) is 81.5 Å². The number of nitrogens with zero attached hydrogens (tertiary/aromatic N) is 3. The Kier molecular flexibility index (Phi) is 6.05. The van der Waals surface area contributed by atoms with Gasteiger partial charge in [0.15, 0.2) is 12.4 Å². The summed E-state index contributed by atoms with van der Waals surface area (Å²) < 4.78 is 6.90. The van der Waals surface area contributed by atoms with Gasteiger partial charge in [-0.2, -0.15) is 0 Å². The molecular weight excluding hydrogens is 474 g/mol. The smallest absolute Gasteiger partial charge is 0.265 e. The third-order valence-corrected chi connectivity index (χ3v) is 7.52. The number of carbonyl (C=O) groups is 2. The van der Waals surface area contributed by atoms with E-state index in [1.807, 2.05) is 31.4 Å². The van der Waals surface area contributed by atoms with Crippen molar-refractivity contribution < 1.29 is 14.3 Å². The summed E-state index contributed by atoms with van der Waals surface area (Å²) in [4.78, 5) is 46.1. The maximum atomic E-state index is 13.6. The van der Waals surface area contributed by atoms with Gasteiger partial charge in [0.25, 0.3) is 11.5 Å². The standard InChI is InChI=1S/C28H25N3O4S/c1-5-10-30-22-12-20(8-9-23(22)35-13-24(30)32)26(33)18(4)31-15-29-27-25(28(31)34)21(14-36-27)19-7-6-16(2)17(3)11-19/h5-9,11-12,14-15,18H,1,10,13H2,2-4H3. The number of hydrogen-bond donors (Lipinski definition) is 0. The maximum absolute atomic E-state index is 13.6. The van der Waals surface area contributed by atoms with Crippen LogP contribution in [-0.4, -0.2) is 34.4 Å². The molecule has 7 nitrogen and oxygen atoms in total. The lowest BCUT2D eigenvalue weighted by Crippen LogP contribution is -2.39. The number of fused-ring (bicyclic) bond motifs is 2. The van der Waals surface area contributed by atoms with E-state index in [4.69, 9.17) is 4.74 Å². The summed E-state index contributed by atoms with van der Waals surface area (Å²) in [6, 6.07) is 10.3. The minimum Gasteiger partial charge on any atom is -0.482 e. The molecule has 0 N–H and O–H groups in total. The Hall–Kier alpha value is -4.04. The van der Waals surface area contributed by atoms with Crippen LogP contribution in [0.5, 0.6) is 5.75 Å². The second kappa shape index (κ2) is 9.20. The van der Waals surface area contributed by atoms with Crippen molar-refractivity contribution in [2.45, 2.75) is 26.8 Å². The first-order valence-electron chi connectivity index (χ1n) is 11.6. The Bertz CT molecular complexity index is 1600. The number of anilines is 1. The first-order chi connectivity index (χ1) is 17.3. The van der Waals surface area contributed by atoms with Gasteiger partial charge in [0.2, 0.25) is 0 Å². The largest absolute Gasteiger partial charge is 0.482 e. The highest BCUT2D eigenvalue weighted by Gasteiger charge is 2.27. The molecule has 1 amide bonds. The highest BCUT2D eigenvalue weighted by molar-refractivity contribution is 7.17. The van der Waals surface area contributed by atoms with Gasteiger partial charge in [0, 0.05) is 23.1 Å². The molecule has 0 saturated heterocycles. The summed E-state index contributed by atoms with van der Waals surface area (Å²) in [5, 5.41) is 2.45. The molecule has 0 bridgehead atoms. The van der Waals surface area contributed by atoms with Gasteiger partial charge < -0.3 is 9.64 Å². The number of amides is 1. The van der Waals surface area contributed by atoms with Crippen LogP contribution in [0.4, 0.5) is 5.69 Å². The summed E-state index contributed by atoms with van der Waals surface area (Å²) in [5.74, 6) is 0.0556. The minimum absolute atomic E-state index is 0.0604. The normalized spacial score (nSPS) is 13.9. The second-order valence-electron chi connectivity index (χ2n) is 8.89. The van der Waals surface area contributed by atoms with Crippen LogP contribution in [0.1, 0.15) is 34.5 Å². The SMILES string of the molecule is C=CCN1C(=O)COc2ccc(C(=O)C(C)n3cnc4scc(-c5ccc(C)c(C)c5)c4c3=O)cc21. The molecule has 4 aromatic rings. The third kappa shape index (κ3) is 3.93. The van der Waals surface area contributed by atoms with Crippen LogP contribution in [0, 0.1) is 13.8 Å². The molecule has 0 aliphatic carbocycles. The van der Waals surface area contributed by atoms with E-state index in [2.05, 4.69) is 17.6 Å². The van der Waals surface area contributed by atoms with Gasteiger partial charge in [0.1, 0.15) is 10.6 Å². The van der Waals surface area contributed by atoms with E-state index in [1.54, 1.807) is 31.2 Å². The molecule has 2 aromatic heterocycles. The van der Waals surface area contributed by atoms with Crippen molar-refractivity contribution in [3.63, 3.8) is 0 Å². The second-order valence-corrected chi connectivity index (χ2v) is 9.75. The van der Waals surface area contributed by atoms with Crippen molar-refractivity contribution in [3.05, 3.63) is 87.8 Å². The quantitative estimate of drug-likeness (QED) is 0.272. The molecule has 0 fully saturated rings. The Morgan fingerprint density at radius 3 is 2.75 bits per heavy atom. The lowest BCUT2D eigenvalue weighted by Gasteiger charge is -2.29. The van der Waals surface area contributed by atoms with E-state index in [9.17, 15) is 14.4 Å². The molecule has 2 aromatic carbocycles. The molecular formula is C28H25N3O4S. The number of Topliss-reactive ketones (excluding diaryl/α,β-unsaturated/α-hetero) is 1. The minimum atomic E-state index is -0.798. The summed E-state index contributed by atoms with van der Waals surface area (Å²) in [5.41, 5.74) is 4.70. The van der Waals surface area contributed by atoms with Crippen molar-refractivity contribution in [1.82, 2.24) is 9.55 Å². The van der Waals surface area contributed by atoms with E-state index in [0.717, 1.165) is 16.7 Å². The lowest BCUT2D eigenvalue weighted by atomic mass is 10.0. The van der Waals surface area contributed by atoms with Crippen molar-refractivity contribution in [1.29, 1.82) is 0 Å². The molecule has 1 aliphatic rings. The number of thiophene rings is 1. The zero-order chi connectivity index (χ0) is 25.6. The molecule has 5 rings (SSSR count). The first-order valence-corrected chi connectivity index (χ1v) is 12.5.